The van der Waals surface area contributed by atoms with Crippen molar-refractivity contribution >= 4 is 17.7 Å². The molecule has 2 rings (SSSR count). The average Bonchev–Trinajstić information content (AvgIpc) is 2.52. The molecule has 108 valence electrons. The van der Waals surface area contributed by atoms with Gasteiger partial charge in [0.1, 0.15) is 0 Å². The van der Waals surface area contributed by atoms with Gasteiger partial charge in [-0.15, -0.1) is 0 Å². The summed E-state index contributed by atoms with van der Waals surface area (Å²) >= 11 is 0. The predicted octanol–water partition coefficient (Wildman–Crippen LogP) is 4.45. The zero-order valence-corrected chi connectivity index (χ0v) is 12.6. The van der Waals surface area contributed by atoms with Crippen LogP contribution in [0.5, 0.6) is 0 Å². The van der Waals surface area contributed by atoms with Crippen molar-refractivity contribution in [1.29, 1.82) is 0 Å². The minimum absolute atomic E-state index is 0.0232. The van der Waals surface area contributed by atoms with Crippen molar-refractivity contribution in [3.05, 3.63) is 71.8 Å². The van der Waals surface area contributed by atoms with E-state index in [0.29, 0.717) is 0 Å². The lowest BCUT2D eigenvalue weighted by atomic mass is 10.1. The number of para-hydroxylation sites is 1. The minimum atomic E-state index is 0.0232. The number of hydrogen-bond acceptors (Lipinski definition) is 1. The topological polar surface area (TPSA) is 20.3 Å². The van der Waals surface area contributed by atoms with Crippen LogP contribution in [0, 0.1) is 6.92 Å². The minimum Gasteiger partial charge on any atom is -0.309 e. The fourth-order valence-corrected chi connectivity index (χ4v) is 2.26. The lowest BCUT2D eigenvalue weighted by molar-refractivity contribution is -0.114. The van der Waals surface area contributed by atoms with Crippen LogP contribution in [0.1, 0.15) is 24.5 Å². The Morgan fingerprint density at radius 2 is 1.71 bits per heavy atom. The molecule has 0 aromatic heterocycles. The molecule has 0 spiro atoms. The third-order valence-electron chi connectivity index (χ3n) is 3.34. The smallest absolute Gasteiger partial charge is 0.250 e. The Kier molecular flexibility index (Phi) is 5.33. The van der Waals surface area contributed by atoms with Crippen molar-refractivity contribution in [2.45, 2.75) is 20.3 Å². The summed E-state index contributed by atoms with van der Waals surface area (Å²) in [7, 11) is 0. The zero-order valence-electron chi connectivity index (χ0n) is 12.6. The number of anilines is 1. The van der Waals surface area contributed by atoms with Crippen molar-refractivity contribution in [2.24, 2.45) is 0 Å². The van der Waals surface area contributed by atoms with E-state index < -0.39 is 0 Å². The summed E-state index contributed by atoms with van der Waals surface area (Å²) in [6.45, 7) is 4.84. The average molecular weight is 279 g/mol. The molecule has 0 atom stereocenters. The molecule has 1 amide bonds. The number of aryl methyl sites for hydroxylation is 1. The van der Waals surface area contributed by atoms with Crippen LogP contribution < -0.4 is 4.90 Å². The first-order valence-electron chi connectivity index (χ1n) is 7.32. The van der Waals surface area contributed by atoms with Crippen LogP contribution in [0.15, 0.2) is 60.7 Å². The maximum atomic E-state index is 12.5. The molecule has 0 aliphatic rings. The predicted molar refractivity (Wildman–Crippen MR) is 89.3 cm³/mol. The number of nitrogens with zero attached hydrogens (tertiary/aromatic N) is 1. The molecule has 0 bridgehead atoms. The molecular weight excluding hydrogens is 258 g/mol. The van der Waals surface area contributed by atoms with Gasteiger partial charge in [-0.2, -0.15) is 0 Å². The van der Waals surface area contributed by atoms with Gasteiger partial charge in [0.15, 0.2) is 0 Å². The number of hydrogen-bond donors (Lipinski definition) is 0. The highest BCUT2D eigenvalue weighted by molar-refractivity contribution is 6.04. The van der Waals surface area contributed by atoms with Crippen LogP contribution in [0.2, 0.25) is 0 Å². The van der Waals surface area contributed by atoms with Gasteiger partial charge in [0.25, 0.3) is 5.91 Å². The number of carbonyl (C=O) groups excluding carboxylic acids is 1. The van der Waals surface area contributed by atoms with Crippen LogP contribution in [0.4, 0.5) is 5.69 Å². The quantitative estimate of drug-likeness (QED) is 0.740. The van der Waals surface area contributed by atoms with E-state index in [-0.39, 0.29) is 5.91 Å². The van der Waals surface area contributed by atoms with Crippen LogP contribution in [0.25, 0.3) is 6.08 Å². The van der Waals surface area contributed by atoms with E-state index in [0.717, 1.165) is 29.8 Å². The second-order valence-electron chi connectivity index (χ2n) is 5.02. The molecule has 0 radical (unpaired) electrons. The first kappa shape index (κ1) is 15.0. The van der Waals surface area contributed by atoms with Crippen LogP contribution in [0.3, 0.4) is 0 Å². The molecule has 0 N–H and O–H groups in total. The second kappa shape index (κ2) is 7.44. The van der Waals surface area contributed by atoms with E-state index in [2.05, 4.69) is 6.92 Å². The SMILES string of the molecule is CCCN(C(=O)C=Cc1ccccc1)c1ccccc1C. The summed E-state index contributed by atoms with van der Waals surface area (Å²) in [6, 6.07) is 17.9. The van der Waals surface area contributed by atoms with Crippen molar-refractivity contribution in [3.63, 3.8) is 0 Å². The first-order valence-corrected chi connectivity index (χ1v) is 7.32. The molecular formula is C19H21NO. The van der Waals surface area contributed by atoms with Crippen LogP contribution >= 0.6 is 0 Å². The molecule has 0 saturated heterocycles. The fourth-order valence-electron chi connectivity index (χ4n) is 2.26. The number of amides is 1. The van der Waals surface area contributed by atoms with Gasteiger partial charge in [0, 0.05) is 18.3 Å². The van der Waals surface area contributed by atoms with E-state index in [1.807, 2.05) is 72.5 Å². The van der Waals surface area contributed by atoms with Gasteiger partial charge in [0.05, 0.1) is 0 Å². The van der Waals surface area contributed by atoms with Crippen molar-refractivity contribution in [1.82, 2.24) is 0 Å². The molecule has 2 nitrogen and oxygen atoms in total. The molecule has 2 aromatic rings. The third kappa shape index (κ3) is 4.06. The number of benzene rings is 2. The molecule has 0 saturated carbocycles. The third-order valence-corrected chi connectivity index (χ3v) is 3.34. The Balaban J connectivity index is 2.20. The lowest BCUT2D eigenvalue weighted by Crippen LogP contribution is -2.30. The summed E-state index contributed by atoms with van der Waals surface area (Å²) in [6.07, 6.45) is 4.44. The van der Waals surface area contributed by atoms with Gasteiger partial charge in [-0.1, -0.05) is 55.5 Å². The summed E-state index contributed by atoms with van der Waals surface area (Å²) in [4.78, 5) is 14.3. The van der Waals surface area contributed by atoms with Crippen LogP contribution in [-0.4, -0.2) is 12.5 Å². The van der Waals surface area contributed by atoms with E-state index in [1.165, 1.54) is 0 Å². The van der Waals surface area contributed by atoms with E-state index >= 15 is 0 Å². The number of rotatable bonds is 5. The van der Waals surface area contributed by atoms with Crippen molar-refractivity contribution < 1.29 is 4.79 Å². The first-order chi connectivity index (χ1) is 10.2. The summed E-state index contributed by atoms with van der Waals surface area (Å²) in [5.74, 6) is 0.0232. The molecule has 2 heteroatoms. The Labute approximate surface area is 126 Å². The fraction of sp³-hybridized carbons (Fsp3) is 0.211. The normalized spacial score (nSPS) is 10.8. The van der Waals surface area contributed by atoms with Crippen molar-refractivity contribution in [2.75, 3.05) is 11.4 Å². The van der Waals surface area contributed by atoms with Gasteiger partial charge in [0.2, 0.25) is 0 Å². The van der Waals surface area contributed by atoms with Crippen LogP contribution in [-0.2, 0) is 4.79 Å². The van der Waals surface area contributed by atoms with E-state index in [9.17, 15) is 4.79 Å². The maximum Gasteiger partial charge on any atom is 0.250 e. The summed E-state index contributed by atoms with van der Waals surface area (Å²) in [5, 5.41) is 0. The van der Waals surface area contributed by atoms with E-state index in [4.69, 9.17) is 0 Å². The molecule has 0 unspecified atom stereocenters. The molecule has 0 aliphatic carbocycles. The zero-order chi connectivity index (χ0) is 15.1. The molecule has 0 aliphatic heterocycles. The lowest BCUT2D eigenvalue weighted by Gasteiger charge is -2.22. The van der Waals surface area contributed by atoms with Crippen molar-refractivity contribution in [3.8, 4) is 0 Å². The highest BCUT2D eigenvalue weighted by Gasteiger charge is 2.13. The Morgan fingerprint density at radius 1 is 1.05 bits per heavy atom. The second-order valence-corrected chi connectivity index (χ2v) is 5.02. The Hall–Kier alpha value is -2.35. The van der Waals surface area contributed by atoms with Gasteiger partial charge < -0.3 is 4.90 Å². The van der Waals surface area contributed by atoms with Gasteiger partial charge in [-0.3, -0.25) is 4.79 Å². The highest BCUT2D eigenvalue weighted by atomic mass is 16.2. The van der Waals surface area contributed by atoms with E-state index in [1.54, 1.807) is 6.08 Å². The molecule has 21 heavy (non-hydrogen) atoms. The maximum absolute atomic E-state index is 12.5. The van der Waals surface area contributed by atoms with Gasteiger partial charge >= 0.3 is 0 Å². The molecule has 0 heterocycles. The van der Waals surface area contributed by atoms with Gasteiger partial charge in [-0.25, -0.2) is 0 Å². The Bertz CT molecular complexity index is 616. The Morgan fingerprint density at radius 3 is 2.38 bits per heavy atom. The number of carbonyl (C=O) groups is 1. The standard InChI is InChI=1S/C19H21NO/c1-3-15-20(18-12-8-7-9-16(18)2)19(21)14-13-17-10-5-4-6-11-17/h4-14H,3,15H2,1-2H3. The molecule has 0 fully saturated rings. The molecule has 2 aromatic carbocycles. The van der Waals surface area contributed by atoms with Gasteiger partial charge in [-0.05, 0) is 36.6 Å². The monoisotopic (exact) mass is 279 g/mol. The summed E-state index contributed by atoms with van der Waals surface area (Å²) < 4.78 is 0. The largest absolute Gasteiger partial charge is 0.309 e. The highest BCUT2D eigenvalue weighted by Crippen LogP contribution is 2.20. The summed E-state index contributed by atoms with van der Waals surface area (Å²) in [5.41, 5.74) is 3.14.